The van der Waals surface area contributed by atoms with E-state index in [2.05, 4.69) is 15.3 Å². The van der Waals surface area contributed by atoms with Crippen LogP contribution in [0.3, 0.4) is 0 Å². The molecule has 5 nitrogen and oxygen atoms in total. The zero-order valence-electron chi connectivity index (χ0n) is 9.59. The molecular formula is C11H14N4OS. The predicted octanol–water partition coefficient (Wildman–Crippen LogP) is 1.72. The van der Waals surface area contributed by atoms with E-state index in [1.165, 1.54) is 0 Å². The van der Waals surface area contributed by atoms with Gasteiger partial charge in [-0.1, -0.05) is 6.92 Å². The van der Waals surface area contributed by atoms with E-state index >= 15 is 0 Å². The quantitative estimate of drug-likeness (QED) is 0.877. The van der Waals surface area contributed by atoms with Gasteiger partial charge in [0.05, 0.1) is 6.54 Å². The van der Waals surface area contributed by atoms with Gasteiger partial charge in [0.2, 0.25) is 0 Å². The van der Waals surface area contributed by atoms with E-state index < -0.39 is 0 Å². The van der Waals surface area contributed by atoms with Crippen LogP contribution < -0.4 is 10.9 Å². The molecule has 2 aromatic heterocycles. The summed E-state index contributed by atoms with van der Waals surface area (Å²) in [7, 11) is 0. The molecule has 0 amide bonds. The standard InChI is InChI=1S/C11H14N4OS/c1-2-5-15-6-3-13-10(11(15)16)14-8-9-12-4-7-17-9/h3-4,6-7H,2,5,8H2,1H3,(H,13,14). The van der Waals surface area contributed by atoms with Gasteiger partial charge in [0.25, 0.3) is 5.56 Å². The summed E-state index contributed by atoms with van der Waals surface area (Å²) in [5.74, 6) is 0.385. The van der Waals surface area contributed by atoms with Crippen LogP contribution in [0.1, 0.15) is 18.4 Å². The highest BCUT2D eigenvalue weighted by Gasteiger charge is 2.04. The molecule has 0 fully saturated rings. The summed E-state index contributed by atoms with van der Waals surface area (Å²) >= 11 is 1.55. The van der Waals surface area contributed by atoms with Crippen LogP contribution in [-0.4, -0.2) is 14.5 Å². The highest BCUT2D eigenvalue weighted by molar-refractivity contribution is 7.09. The zero-order chi connectivity index (χ0) is 12.1. The third-order valence-corrected chi connectivity index (χ3v) is 3.05. The highest BCUT2D eigenvalue weighted by Crippen LogP contribution is 2.05. The number of nitrogens with one attached hydrogen (secondary N) is 1. The number of hydrogen-bond donors (Lipinski definition) is 1. The average molecular weight is 250 g/mol. The van der Waals surface area contributed by atoms with Crippen molar-refractivity contribution in [3.05, 3.63) is 39.3 Å². The molecule has 0 radical (unpaired) electrons. The molecule has 2 heterocycles. The number of hydrogen-bond acceptors (Lipinski definition) is 5. The lowest BCUT2D eigenvalue weighted by molar-refractivity contribution is 0.649. The van der Waals surface area contributed by atoms with E-state index in [0.717, 1.165) is 11.4 Å². The van der Waals surface area contributed by atoms with Crippen molar-refractivity contribution in [1.29, 1.82) is 0 Å². The molecule has 90 valence electrons. The first-order chi connectivity index (χ1) is 8.31. The smallest absolute Gasteiger partial charge is 0.293 e. The van der Waals surface area contributed by atoms with Gasteiger partial charge >= 0.3 is 0 Å². The molecule has 0 aliphatic rings. The fourth-order valence-corrected chi connectivity index (χ4v) is 2.04. The Morgan fingerprint density at radius 3 is 3.00 bits per heavy atom. The molecule has 0 saturated carbocycles. The number of thiazole rings is 1. The van der Waals surface area contributed by atoms with Gasteiger partial charge in [0.15, 0.2) is 5.82 Å². The van der Waals surface area contributed by atoms with E-state index in [0.29, 0.717) is 18.9 Å². The SMILES string of the molecule is CCCn1ccnc(NCc2nccs2)c1=O. The van der Waals surface area contributed by atoms with Crippen LogP contribution >= 0.6 is 11.3 Å². The maximum atomic E-state index is 11.9. The zero-order valence-corrected chi connectivity index (χ0v) is 10.4. The summed E-state index contributed by atoms with van der Waals surface area (Å²) < 4.78 is 1.66. The van der Waals surface area contributed by atoms with Crippen LogP contribution in [0.15, 0.2) is 28.8 Å². The van der Waals surface area contributed by atoms with Crippen LogP contribution in [0.25, 0.3) is 0 Å². The minimum atomic E-state index is -0.0779. The normalized spacial score (nSPS) is 10.4. The molecule has 0 saturated heterocycles. The maximum absolute atomic E-state index is 11.9. The summed E-state index contributed by atoms with van der Waals surface area (Å²) in [4.78, 5) is 20.1. The fraction of sp³-hybridized carbons (Fsp3) is 0.364. The minimum absolute atomic E-state index is 0.0779. The monoisotopic (exact) mass is 250 g/mol. The molecule has 2 aromatic rings. The molecule has 0 aliphatic carbocycles. The summed E-state index contributed by atoms with van der Waals surface area (Å²) in [5.41, 5.74) is -0.0779. The van der Waals surface area contributed by atoms with Crippen molar-refractivity contribution in [3.8, 4) is 0 Å². The summed E-state index contributed by atoms with van der Waals surface area (Å²) in [6.45, 7) is 3.29. The predicted molar refractivity (Wildman–Crippen MR) is 68.2 cm³/mol. The minimum Gasteiger partial charge on any atom is -0.359 e. The first kappa shape index (κ1) is 11.8. The Balaban J connectivity index is 2.10. The first-order valence-corrected chi connectivity index (χ1v) is 6.37. The van der Waals surface area contributed by atoms with Crippen LogP contribution in [0, 0.1) is 0 Å². The van der Waals surface area contributed by atoms with Crippen LogP contribution in [-0.2, 0) is 13.1 Å². The molecule has 1 N–H and O–H groups in total. The third kappa shape index (κ3) is 2.91. The van der Waals surface area contributed by atoms with E-state index in [1.807, 2.05) is 12.3 Å². The second kappa shape index (κ2) is 5.58. The molecule has 0 bridgehead atoms. The molecule has 2 rings (SSSR count). The van der Waals surface area contributed by atoms with Crippen LogP contribution in [0.4, 0.5) is 5.82 Å². The Kier molecular flexibility index (Phi) is 3.87. The molecule has 0 spiro atoms. The molecule has 0 aromatic carbocycles. The Morgan fingerprint density at radius 1 is 1.41 bits per heavy atom. The van der Waals surface area contributed by atoms with Gasteiger partial charge in [-0.05, 0) is 6.42 Å². The molecule has 17 heavy (non-hydrogen) atoms. The summed E-state index contributed by atoms with van der Waals surface area (Å²) in [5, 5.41) is 5.87. The second-order valence-electron chi connectivity index (χ2n) is 3.55. The van der Waals surface area contributed by atoms with Gasteiger partial charge in [-0.15, -0.1) is 11.3 Å². The molecule has 6 heteroatoms. The van der Waals surface area contributed by atoms with Crippen LogP contribution in [0.2, 0.25) is 0 Å². The lowest BCUT2D eigenvalue weighted by Crippen LogP contribution is -2.24. The second-order valence-corrected chi connectivity index (χ2v) is 4.53. The molecule has 0 unspecified atom stereocenters. The van der Waals surface area contributed by atoms with Crippen molar-refractivity contribution in [1.82, 2.24) is 14.5 Å². The summed E-state index contributed by atoms with van der Waals surface area (Å²) in [6, 6.07) is 0. The van der Waals surface area contributed by atoms with Gasteiger partial charge in [0.1, 0.15) is 5.01 Å². The van der Waals surface area contributed by atoms with Gasteiger partial charge in [-0.3, -0.25) is 4.79 Å². The number of nitrogens with zero attached hydrogens (tertiary/aromatic N) is 3. The van der Waals surface area contributed by atoms with Crippen molar-refractivity contribution in [2.24, 2.45) is 0 Å². The largest absolute Gasteiger partial charge is 0.359 e. The Bertz CT molecular complexity index is 521. The third-order valence-electron chi connectivity index (χ3n) is 2.27. The van der Waals surface area contributed by atoms with Gasteiger partial charge < -0.3 is 9.88 Å². The Labute approximate surface area is 103 Å². The number of aryl methyl sites for hydroxylation is 1. The summed E-state index contributed by atoms with van der Waals surface area (Å²) in [6.07, 6.45) is 6.02. The van der Waals surface area contributed by atoms with E-state index in [-0.39, 0.29) is 5.56 Å². The average Bonchev–Trinajstić information content (AvgIpc) is 2.83. The van der Waals surface area contributed by atoms with E-state index in [1.54, 1.807) is 34.5 Å². The highest BCUT2D eigenvalue weighted by atomic mass is 32.1. The van der Waals surface area contributed by atoms with Crippen LogP contribution in [0.5, 0.6) is 0 Å². The number of anilines is 1. The van der Waals surface area contributed by atoms with Crippen molar-refractivity contribution in [3.63, 3.8) is 0 Å². The van der Waals surface area contributed by atoms with Crippen molar-refractivity contribution in [2.75, 3.05) is 5.32 Å². The lowest BCUT2D eigenvalue weighted by Gasteiger charge is -2.06. The maximum Gasteiger partial charge on any atom is 0.293 e. The topological polar surface area (TPSA) is 59.8 Å². The number of aromatic nitrogens is 3. The molecule has 0 atom stereocenters. The lowest BCUT2D eigenvalue weighted by atomic mass is 10.4. The fourth-order valence-electron chi connectivity index (χ4n) is 1.49. The Hall–Kier alpha value is -1.69. The van der Waals surface area contributed by atoms with Crippen molar-refractivity contribution >= 4 is 17.2 Å². The molecular weight excluding hydrogens is 236 g/mol. The van der Waals surface area contributed by atoms with Gasteiger partial charge in [-0.2, -0.15) is 0 Å². The van der Waals surface area contributed by atoms with Crippen molar-refractivity contribution < 1.29 is 0 Å². The Morgan fingerprint density at radius 2 is 2.29 bits per heavy atom. The van der Waals surface area contributed by atoms with Gasteiger partial charge in [0, 0.05) is 30.5 Å². The van der Waals surface area contributed by atoms with Gasteiger partial charge in [-0.25, -0.2) is 9.97 Å². The first-order valence-electron chi connectivity index (χ1n) is 5.49. The molecule has 0 aliphatic heterocycles. The van der Waals surface area contributed by atoms with Crippen molar-refractivity contribution in [2.45, 2.75) is 26.4 Å². The number of rotatable bonds is 5. The van der Waals surface area contributed by atoms with E-state index in [9.17, 15) is 4.79 Å². The van der Waals surface area contributed by atoms with E-state index in [4.69, 9.17) is 0 Å².